The molecule has 2 rings (SSSR count). The lowest BCUT2D eigenvalue weighted by Crippen LogP contribution is -2.39. The normalized spacial score (nSPS) is 15.6. The van der Waals surface area contributed by atoms with Gasteiger partial charge in [-0.15, -0.1) is 0 Å². The molecule has 20 heavy (non-hydrogen) atoms. The van der Waals surface area contributed by atoms with Gasteiger partial charge in [0.1, 0.15) is 0 Å². The maximum Gasteiger partial charge on any atom is 0.194 e. The number of halogens is 1. The molecule has 0 aliphatic carbocycles. The summed E-state index contributed by atoms with van der Waals surface area (Å²) < 4.78 is 18.5. The molecule has 1 saturated heterocycles. The van der Waals surface area contributed by atoms with Crippen molar-refractivity contribution in [3.05, 3.63) is 29.6 Å². The van der Waals surface area contributed by atoms with Gasteiger partial charge in [-0.2, -0.15) is 0 Å². The molecule has 1 aliphatic rings. The van der Waals surface area contributed by atoms with Crippen molar-refractivity contribution in [1.29, 1.82) is 0 Å². The van der Waals surface area contributed by atoms with E-state index in [2.05, 4.69) is 22.1 Å². The van der Waals surface area contributed by atoms with Gasteiger partial charge >= 0.3 is 0 Å². The van der Waals surface area contributed by atoms with E-state index >= 15 is 0 Å². The lowest BCUT2D eigenvalue weighted by atomic mass is 10.2. The van der Waals surface area contributed by atoms with Crippen LogP contribution in [0, 0.1) is 5.82 Å². The molecule has 0 saturated carbocycles. The van der Waals surface area contributed by atoms with Gasteiger partial charge in [0.15, 0.2) is 17.5 Å². The molecule has 0 unspecified atom stereocenters. The van der Waals surface area contributed by atoms with Crippen LogP contribution in [0.5, 0.6) is 5.75 Å². The SMILES string of the molecule is CCNC(=NCc1ccc(OC)c(F)c1)N1CCCC1. The number of aliphatic imine (C=N–C) groups is 1. The molecule has 1 aromatic carbocycles. The van der Waals surface area contributed by atoms with E-state index in [4.69, 9.17) is 4.74 Å². The number of nitrogens with one attached hydrogen (secondary N) is 1. The number of guanidine groups is 1. The molecule has 5 heteroatoms. The second-order valence-corrected chi connectivity index (χ2v) is 4.83. The lowest BCUT2D eigenvalue weighted by molar-refractivity contribution is 0.386. The van der Waals surface area contributed by atoms with E-state index < -0.39 is 0 Å². The van der Waals surface area contributed by atoms with Crippen LogP contribution in [0.2, 0.25) is 0 Å². The Kier molecular flexibility index (Phi) is 5.21. The van der Waals surface area contributed by atoms with Crippen LogP contribution >= 0.6 is 0 Å². The van der Waals surface area contributed by atoms with Gasteiger partial charge < -0.3 is 15.0 Å². The number of methoxy groups -OCH3 is 1. The van der Waals surface area contributed by atoms with Gasteiger partial charge in [-0.3, -0.25) is 0 Å². The Labute approximate surface area is 119 Å². The molecule has 0 radical (unpaired) electrons. The lowest BCUT2D eigenvalue weighted by Gasteiger charge is -2.20. The Hall–Kier alpha value is -1.78. The first-order chi connectivity index (χ1) is 9.74. The number of hydrogen-bond acceptors (Lipinski definition) is 2. The van der Waals surface area contributed by atoms with Crippen molar-refractivity contribution in [2.24, 2.45) is 4.99 Å². The van der Waals surface area contributed by atoms with Crippen LogP contribution in [-0.4, -0.2) is 37.6 Å². The zero-order chi connectivity index (χ0) is 14.4. The van der Waals surface area contributed by atoms with Crippen molar-refractivity contribution in [3.63, 3.8) is 0 Å². The van der Waals surface area contributed by atoms with Crippen LogP contribution in [0.15, 0.2) is 23.2 Å². The molecule has 0 atom stereocenters. The Bertz CT molecular complexity index is 470. The third kappa shape index (κ3) is 3.62. The van der Waals surface area contributed by atoms with Gasteiger partial charge in [-0.1, -0.05) is 6.07 Å². The van der Waals surface area contributed by atoms with Crippen LogP contribution in [-0.2, 0) is 6.54 Å². The Morgan fingerprint density at radius 2 is 2.15 bits per heavy atom. The van der Waals surface area contributed by atoms with Crippen molar-refractivity contribution in [1.82, 2.24) is 10.2 Å². The zero-order valence-electron chi connectivity index (χ0n) is 12.2. The number of hydrogen-bond donors (Lipinski definition) is 1. The maximum atomic E-state index is 13.6. The molecule has 1 aromatic rings. The fraction of sp³-hybridized carbons (Fsp3) is 0.533. The van der Waals surface area contributed by atoms with E-state index in [1.807, 2.05) is 6.07 Å². The Morgan fingerprint density at radius 1 is 1.40 bits per heavy atom. The number of ether oxygens (including phenoxy) is 1. The van der Waals surface area contributed by atoms with Crippen molar-refractivity contribution in [2.45, 2.75) is 26.3 Å². The molecule has 0 bridgehead atoms. The molecule has 1 N–H and O–H groups in total. The van der Waals surface area contributed by atoms with Crippen molar-refractivity contribution >= 4 is 5.96 Å². The van der Waals surface area contributed by atoms with Crippen LogP contribution in [0.3, 0.4) is 0 Å². The number of likely N-dealkylation sites (tertiary alicyclic amines) is 1. The van der Waals surface area contributed by atoms with Gasteiger partial charge in [0.2, 0.25) is 0 Å². The molecular weight excluding hydrogens is 257 g/mol. The smallest absolute Gasteiger partial charge is 0.194 e. The van der Waals surface area contributed by atoms with Gasteiger partial charge in [-0.25, -0.2) is 9.38 Å². The average Bonchev–Trinajstić information content (AvgIpc) is 2.97. The van der Waals surface area contributed by atoms with E-state index in [9.17, 15) is 4.39 Å². The highest BCUT2D eigenvalue weighted by Gasteiger charge is 2.15. The average molecular weight is 279 g/mol. The van der Waals surface area contributed by atoms with E-state index in [1.54, 1.807) is 6.07 Å². The highest BCUT2D eigenvalue weighted by Crippen LogP contribution is 2.18. The van der Waals surface area contributed by atoms with Crippen molar-refractivity contribution in [3.8, 4) is 5.75 Å². The minimum Gasteiger partial charge on any atom is -0.494 e. The summed E-state index contributed by atoms with van der Waals surface area (Å²) in [6.45, 7) is 5.45. The first-order valence-electron chi connectivity index (χ1n) is 7.10. The number of nitrogens with zero attached hydrogens (tertiary/aromatic N) is 2. The predicted molar refractivity (Wildman–Crippen MR) is 78.6 cm³/mol. The third-order valence-corrected chi connectivity index (χ3v) is 3.37. The van der Waals surface area contributed by atoms with Gasteiger partial charge in [0.05, 0.1) is 13.7 Å². The fourth-order valence-corrected chi connectivity index (χ4v) is 2.33. The fourth-order valence-electron chi connectivity index (χ4n) is 2.33. The topological polar surface area (TPSA) is 36.9 Å². The van der Waals surface area contributed by atoms with Gasteiger partial charge in [0, 0.05) is 19.6 Å². The maximum absolute atomic E-state index is 13.6. The molecule has 1 fully saturated rings. The van der Waals surface area contributed by atoms with E-state index in [0.717, 1.165) is 31.2 Å². The second kappa shape index (κ2) is 7.12. The second-order valence-electron chi connectivity index (χ2n) is 4.83. The highest BCUT2D eigenvalue weighted by molar-refractivity contribution is 5.80. The summed E-state index contributed by atoms with van der Waals surface area (Å²) >= 11 is 0. The minimum atomic E-state index is -0.341. The third-order valence-electron chi connectivity index (χ3n) is 3.37. The quantitative estimate of drug-likeness (QED) is 0.679. The molecule has 4 nitrogen and oxygen atoms in total. The van der Waals surface area contributed by atoms with Gasteiger partial charge in [0.25, 0.3) is 0 Å². The van der Waals surface area contributed by atoms with Crippen LogP contribution in [0.4, 0.5) is 4.39 Å². The summed E-state index contributed by atoms with van der Waals surface area (Å²) in [5.74, 6) is 0.844. The molecule has 110 valence electrons. The summed E-state index contributed by atoms with van der Waals surface area (Å²) in [6.07, 6.45) is 2.42. The summed E-state index contributed by atoms with van der Waals surface area (Å²) in [6, 6.07) is 4.97. The Balaban J connectivity index is 2.06. The largest absolute Gasteiger partial charge is 0.494 e. The van der Waals surface area contributed by atoms with Crippen LogP contribution in [0.1, 0.15) is 25.3 Å². The Morgan fingerprint density at radius 3 is 2.75 bits per heavy atom. The summed E-state index contributed by atoms with van der Waals surface area (Å²) in [4.78, 5) is 6.84. The highest BCUT2D eigenvalue weighted by atomic mass is 19.1. The van der Waals surface area contributed by atoms with Crippen molar-refractivity contribution < 1.29 is 9.13 Å². The first kappa shape index (κ1) is 14.6. The van der Waals surface area contributed by atoms with E-state index in [1.165, 1.54) is 26.0 Å². The molecule has 1 aliphatic heterocycles. The molecule has 0 aromatic heterocycles. The van der Waals surface area contributed by atoms with E-state index in [-0.39, 0.29) is 11.6 Å². The van der Waals surface area contributed by atoms with Crippen LogP contribution in [0.25, 0.3) is 0 Å². The predicted octanol–water partition coefficient (Wildman–Crippen LogP) is 2.40. The molecular formula is C15H22FN3O. The standard InChI is InChI=1S/C15H22FN3O/c1-3-17-15(19-8-4-5-9-19)18-11-12-6-7-14(20-2)13(16)10-12/h6-7,10H,3-5,8-9,11H2,1-2H3,(H,17,18). The molecule has 0 spiro atoms. The van der Waals surface area contributed by atoms with Gasteiger partial charge in [-0.05, 0) is 37.5 Å². The molecule has 1 heterocycles. The number of benzene rings is 1. The molecule has 0 amide bonds. The monoisotopic (exact) mass is 279 g/mol. The van der Waals surface area contributed by atoms with Crippen LogP contribution < -0.4 is 10.1 Å². The summed E-state index contributed by atoms with van der Waals surface area (Å²) in [7, 11) is 1.47. The zero-order valence-corrected chi connectivity index (χ0v) is 12.2. The minimum absolute atomic E-state index is 0.268. The van der Waals surface area contributed by atoms with E-state index in [0.29, 0.717) is 6.54 Å². The van der Waals surface area contributed by atoms with Crippen molar-refractivity contribution in [2.75, 3.05) is 26.7 Å². The summed E-state index contributed by atoms with van der Waals surface area (Å²) in [5, 5.41) is 3.29. The summed E-state index contributed by atoms with van der Waals surface area (Å²) in [5.41, 5.74) is 0.845. The number of rotatable bonds is 4. The first-order valence-corrected chi connectivity index (χ1v) is 7.10.